The topological polar surface area (TPSA) is 24.4 Å². The smallest absolute Gasteiger partial charge is 0.0879 e. The molecule has 100 valence electrons. The Morgan fingerprint density at radius 1 is 1.50 bits per heavy atom. The van der Waals surface area contributed by atoms with E-state index in [0.29, 0.717) is 5.92 Å². The van der Waals surface area contributed by atoms with Crippen LogP contribution in [0.15, 0.2) is 39.4 Å². The van der Waals surface area contributed by atoms with Gasteiger partial charge in [0.1, 0.15) is 0 Å². The van der Waals surface area contributed by atoms with Crippen molar-refractivity contribution >= 4 is 19.0 Å². The molecule has 0 amide bonds. The fourth-order valence-electron chi connectivity index (χ4n) is 2.28. The van der Waals surface area contributed by atoms with Crippen molar-refractivity contribution in [2.45, 2.75) is 39.5 Å². The largest absolute Gasteiger partial charge is 0.379 e. The Balaban J connectivity index is 2.77. The fourth-order valence-corrected chi connectivity index (χ4v) is 2.69. The van der Waals surface area contributed by atoms with E-state index in [1.807, 2.05) is 14.0 Å². The molecule has 1 unspecified atom stereocenters. The SMILES string of the molecule is C/C=C(CC1CCCC(/C=C/C)=C1S)\N=C/NC. The highest BCUT2D eigenvalue weighted by atomic mass is 32.1. The van der Waals surface area contributed by atoms with Crippen LogP contribution in [0.5, 0.6) is 0 Å². The number of nitrogens with one attached hydrogen (secondary N) is 1. The van der Waals surface area contributed by atoms with Gasteiger partial charge >= 0.3 is 0 Å². The third-order valence-corrected chi connectivity index (χ3v) is 3.88. The first kappa shape index (κ1) is 15.1. The maximum Gasteiger partial charge on any atom is 0.0879 e. The van der Waals surface area contributed by atoms with Crippen molar-refractivity contribution in [1.82, 2.24) is 5.32 Å². The first-order valence-electron chi connectivity index (χ1n) is 6.62. The molecule has 0 radical (unpaired) electrons. The Kier molecular flexibility index (Phi) is 6.88. The van der Waals surface area contributed by atoms with Crippen molar-refractivity contribution in [2.75, 3.05) is 7.05 Å². The van der Waals surface area contributed by atoms with Crippen molar-refractivity contribution in [3.05, 3.63) is 34.4 Å². The lowest BCUT2D eigenvalue weighted by Gasteiger charge is -2.24. The van der Waals surface area contributed by atoms with Crippen LogP contribution in [0.4, 0.5) is 0 Å². The molecule has 0 saturated heterocycles. The van der Waals surface area contributed by atoms with E-state index in [1.54, 1.807) is 6.34 Å². The molecule has 0 fully saturated rings. The lowest BCUT2D eigenvalue weighted by molar-refractivity contribution is 0.519. The Morgan fingerprint density at radius 2 is 2.28 bits per heavy atom. The number of thiol groups is 1. The molecule has 0 aromatic carbocycles. The van der Waals surface area contributed by atoms with Gasteiger partial charge in [0.05, 0.1) is 6.34 Å². The maximum absolute atomic E-state index is 4.72. The minimum atomic E-state index is 0.522. The summed E-state index contributed by atoms with van der Waals surface area (Å²) in [5.74, 6) is 0.522. The normalized spacial score (nSPS) is 22.2. The quantitative estimate of drug-likeness (QED) is 0.436. The molecule has 1 atom stereocenters. The molecule has 3 heteroatoms. The summed E-state index contributed by atoms with van der Waals surface area (Å²) in [5, 5.41) is 2.94. The van der Waals surface area contributed by atoms with Crippen molar-refractivity contribution in [2.24, 2.45) is 10.9 Å². The number of aliphatic imine (C=N–C) groups is 1. The molecule has 0 bridgehead atoms. The van der Waals surface area contributed by atoms with Gasteiger partial charge < -0.3 is 5.32 Å². The van der Waals surface area contributed by atoms with E-state index in [4.69, 9.17) is 12.6 Å². The highest BCUT2D eigenvalue weighted by Crippen LogP contribution is 2.36. The van der Waals surface area contributed by atoms with Crippen LogP contribution in [-0.4, -0.2) is 13.4 Å². The van der Waals surface area contributed by atoms with E-state index in [2.05, 4.69) is 35.5 Å². The molecule has 18 heavy (non-hydrogen) atoms. The Hall–Kier alpha value is -0.960. The van der Waals surface area contributed by atoms with Crippen LogP contribution in [0.25, 0.3) is 0 Å². The van der Waals surface area contributed by atoms with E-state index in [-0.39, 0.29) is 0 Å². The van der Waals surface area contributed by atoms with E-state index in [1.165, 1.54) is 23.3 Å². The third-order valence-electron chi connectivity index (χ3n) is 3.23. The molecular formula is C15H24N2S. The summed E-state index contributed by atoms with van der Waals surface area (Å²) in [4.78, 5) is 5.66. The average molecular weight is 264 g/mol. The molecule has 0 aliphatic heterocycles. The van der Waals surface area contributed by atoms with Crippen LogP contribution >= 0.6 is 12.6 Å². The van der Waals surface area contributed by atoms with Crippen LogP contribution in [0.3, 0.4) is 0 Å². The van der Waals surface area contributed by atoms with Gasteiger partial charge in [-0.3, -0.25) is 0 Å². The second kappa shape index (κ2) is 8.20. The van der Waals surface area contributed by atoms with E-state index < -0.39 is 0 Å². The fraction of sp³-hybridized carbons (Fsp3) is 0.533. The summed E-state index contributed by atoms with van der Waals surface area (Å²) in [7, 11) is 1.87. The number of hydrogen-bond donors (Lipinski definition) is 2. The number of rotatable bonds is 5. The van der Waals surface area contributed by atoms with Crippen molar-refractivity contribution in [3.63, 3.8) is 0 Å². The minimum absolute atomic E-state index is 0.522. The molecule has 0 aromatic rings. The van der Waals surface area contributed by atoms with Crippen LogP contribution in [0.1, 0.15) is 39.5 Å². The van der Waals surface area contributed by atoms with Gasteiger partial charge in [0.2, 0.25) is 0 Å². The van der Waals surface area contributed by atoms with E-state index >= 15 is 0 Å². The van der Waals surface area contributed by atoms with Crippen LogP contribution in [0, 0.1) is 5.92 Å². The standard InChI is InChI=1S/C15H24N2S/c1-4-7-12-8-6-9-13(15(12)18)10-14(5-2)17-11-16-3/h4-5,7,11,13,18H,6,8-10H2,1-3H3,(H,16,17)/b7-4+,14-5-. The lowest BCUT2D eigenvalue weighted by Crippen LogP contribution is -2.10. The van der Waals surface area contributed by atoms with Crippen LogP contribution in [0.2, 0.25) is 0 Å². The average Bonchev–Trinajstić information content (AvgIpc) is 2.39. The van der Waals surface area contributed by atoms with Gasteiger partial charge in [-0.2, -0.15) is 0 Å². The van der Waals surface area contributed by atoms with Gasteiger partial charge in [-0.15, -0.1) is 12.6 Å². The third kappa shape index (κ3) is 4.37. The molecule has 1 rings (SSSR count). The highest BCUT2D eigenvalue weighted by molar-refractivity contribution is 7.84. The summed E-state index contributed by atoms with van der Waals surface area (Å²) in [6.07, 6.45) is 12.7. The predicted octanol–water partition coefficient (Wildman–Crippen LogP) is 4.09. The van der Waals surface area contributed by atoms with Crippen LogP contribution < -0.4 is 5.32 Å². The Labute approximate surface area is 116 Å². The monoisotopic (exact) mass is 264 g/mol. The Bertz CT molecular complexity index is 378. The Morgan fingerprint density at radius 3 is 2.89 bits per heavy atom. The lowest BCUT2D eigenvalue weighted by atomic mass is 9.87. The highest BCUT2D eigenvalue weighted by Gasteiger charge is 2.20. The van der Waals surface area contributed by atoms with Crippen LogP contribution in [-0.2, 0) is 0 Å². The van der Waals surface area contributed by atoms with Gasteiger partial charge in [-0.1, -0.05) is 18.2 Å². The molecule has 0 aromatic heterocycles. The molecule has 1 aliphatic carbocycles. The minimum Gasteiger partial charge on any atom is -0.379 e. The molecule has 2 nitrogen and oxygen atoms in total. The maximum atomic E-state index is 4.72. The molecule has 1 aliphatic rings. The second-order valence-electron chi connectivity index (χ2n) is 4.53. The van der Waals surface area contributed by atoms with Gasteiger partial charge in [0, 0.05) is 12.7 Å². The molecule has 0 heterocycles. The van der Waals surface area contributed by atoms with Gasteiger partial charge in [0.15, 0.2) is 0 Å². The van der Waals surface area contributed by atoms with Crippen molar-refractivity contribution in [1.29, 1.82) is 0 Å². The second-order valence-corrected chi connectivity index (χ2v) is 5.01. The van der Waals surface area contributed by atoms with Gasteiger partial charge in [-0.05, 0) is 55.9 Å². The number of hydrogen-bond acceptors (Lipinski definition) is 2. The predicted molar refractivity (Wildman–Crippen MR) is 84.1 cm³/mol. The van der Waals surface area contributed by atoms with E-state index in [9.17, 15) is 0 Å². The van der Waals surface area contributed by atoms with Crippen molar-refractivity contribution < 1.29 is 0 Å². The molecule has 0 spiro atoms. The first-order valence-corrected chi connectivity index (χ1v) is 7.07. The number of allylic oxidation sites excluding steroid dienone is 6. The summed E-state index contributed by atoms with van der Waals surface area (Å²) >= 11 is 4.72. The first-order chi connectivity index (χ1) is 8.72. The zero-order chi connectivity index (χ0) is 13.4. The van der Waals surface area contributed by atoms with Gasteiger partial charge in [0.25, 0.3) is 0 Å². The summed E-state index contributed by atoms with van der Waals surface area (Å²) < 4.78 is 0. The van der Waals surface area contributed by atoms with Crippen molar-refractivity contribution in [3.8, 4) is 0 Å². The number of nitrogens with zero attached hydrogens (tertiary/aromatic N) is 1. The molecule has 0 saturated carbocycles. The zero-order valence-corrected chi connectivity index (χ0v) is 12.5. The summed E-state index contributed by atoms with van der Waals surface area (Å²) in [6.45, 7) is 4.10. The van der Waals surface area contributed by atoms with Gasteiger partial charge in [-0.25, -0.2) is 4.99 Å². The summed E-state index contributed by atoms with van der Waals surface area (Å²) in [5.41, 5.74) is 2.52. The van der Waals surface area contributed by atoms with E-state index in [0.717, 1.165) is 18.5 Å². The molecule has 1 N–H and O–H groups in total. The zero-order valence-electron chi connectivity index (χ0n) is 11.6. The summed E-state index contributed by atoms with van der Waals surface area (Å²) in [6, 6.07) is 0. The molecular weight excluding hydrogens is 240 g/mol.